The van der Waals surface area contributed by atoms with Gasteiger partial charge in [0, 0.05) is 18.6 Å². The van der Waals surface area contributed by atoms with Crippen LogP contribution in [0.4, 0.5) is 8.78 Å². The van der Waals surface area contributed by atoms with Crippen molar-refractivity contribution in [2.75, 3.05) is 7.05 Å². The summed E-state index contributed by atoms with van der Waals surface area (Å²) in [4.78, 5) is 0. The Morgan fingerprint density at radius 2 is 1.71 bits per heavy atom. The van der Waals surface area contributed by atoms with Crippen molar-refractivity contribution in [1.29, 1.82) is 0 Å². The normalized spacial score (nSPS) is 13.2. The maximum atomic E-state index is 13.9. The summed E-state index contributed by atoms with van der Waals surface area (Å²) >= 11 is 0. The van der Waals surface area contributed by atoms with E-state index in [1.54, 1.807) is 18.2 Å². The molecule has 0 radical (unpaired) electrons. The summed E-state index contributed by atoms with van der Waals surface area (Å²) in [6.45, 7) is 6.15. The van der Waals surface area contributed by atoms with Gasteiger partial charge in [-0.15, -0.1) is 0 Å². The molecule has 0 spiro atoms. The Balaban J connectivity index is 0.00000272. The van der Waals surface area contributed by atoms with E-state index in [9.17, 15) is 13.2 Å². The zero-order valence-corrected chi connectivity index (χ0v) is 20.8. The molecule has 0 fully saturated rings. The molecule has 0 saturated carbocycles. The topological polar surface area (TPSA) is 20.3 Å². The van der Waals surface area contributed by atoms with Crippen molar-refractivity contribution >= 4 is 31.8 Å². The standard InChI is InChI=1S/C25H25F2NOSi.Ti/c1-25(2,3)28(4)30(29)15-16-12-13-17-8-7-11-20-22(21(17)14-16)18-9-5-6-10-19(18)23(20)24(26)27;/h5-13H,14-15H2,1-4H3;/q;+2. The Labute approximate surface area is 197 Å². The Morgan fingerprint density at radius 3 is 2.35 bits per heavy atom. The molecule has 31 heavy (non-hydrogen) atoms. The van der Waals surface area contributed by atoms with Crippen LogP contribution in [0, 0.1) is 0 Å². The predicted molar refractivity (Wildman–Crippen MR) is 120 cm³/mol. The number of hydrogen-bond acceptors (Lipinski definition) is 1. The Hall–Kier alpha value is -1.95. The van der Waals surface area contributed by atoms with Crippen LogP contribution in [0.3, 0.4) is 0 Å². The molecule has 3 aliphatic carbocycles. The molecule has 2 nitrogen and oxygen atoms in total. The first-order chi connectivity index (χ1) is 14.2. The summed E-state index contributed by atoms with van der Waals surface area (Å²) in [6, 6.07) is 13.5. The van der Waals surface area contributed by atoms with Crippen LogP contribution in [-0.2, 0) is 32.6 Å². The first kappa shape index (κ1) is 23.7. The largest absolute Gasteiger partial charge is 2.00 e. The number of fused-ring (bicyclic) bond motifs is 5. The maximum Gasteiger partial charge on any atom is 2.00 e. The first-order valence-electron chi connectivity index (χ1n) is 10.1. The van der Waals surface area contributed by atoms with Crippen LogP contribution in [0.1, 0.15) is 26.3 Å². The molecule has 156 valence electrons. The van der Waals surface area contributed by atoms with E-state index in [0.29, 0.717) is 23.4 Å². The van der Waals surface area contributed by atoms with Gasteiger partial charge >= 0.3 is 30.6 Å². The van der Waals surface area contributed by atoms with Gasteiger partial charge in [0.1, 0.15) is 0 Å². The average molecular weight is 469 g/mol. The Kier molecular flexibility index (Phi) is 6.80. The van der Waals surface area contributed by atoms with Crippen molar-refractivity contribution in [3.8, 4) is 11.1 Å². The van der Waals surface area contributed by atoms with Crippen molar-refractivity contribution in [3.63, 3.8) is 0 Å². The quantitative estimate of drug-likeness (QED) is 0.511. The number of benzene rings is 1. The average Bonchev–Trinajstić information content (AvgIpc) is 2.90. The van der Waals surface area contributed by atoms with E-state index in [1.165, 1.54) is 0 Å². The minimum absolute atomic E-state index is 0. The number of allylic oxidation sites excluding steroid dienone is 2. The number of halogens is 2. The van der Waals surface area contributed by atoms with E-state index in [1.807, 2.05) is 48.0 Å². The van der Waals surface area contributed by atoms with Crippen LogP contribution >= 0.6 is 0 Å². The Morgan fingerprint density at radius 1 is 1.03 bits per heavy atom. The van der Waals surface area contributed by atoms with E-state index in [4.69, 9.17) is 0 Å². The fourth-order valence-corrected chi connectivity index (χ4v) is 5.79. The van der Waals surface area contributed by atoms with Crippen molar-refractivity contribution in [1.82, 2.24) is 4.57 Å². The number of nitrogens with zero attached hydrogens (tertiary/aromatic N) is 1. The summed E-state index contributed by atoms with van der Waals surface area (Å²) in [5, 5.41) is 2.48. The summed E-state index contributed by atoms with van der Waals surface area (Å²) in [5.74, 6) is 0. The van der Waals surface area contributed by atoms with Crippen LogP contribution in [0.25, 0.3) is 34.1 Å². The first-order valence-corrected chi connectivity index (χ1v) is 11.7. The van der Waals surface area contributed by atoms with E-state index in [-0.39, 0.29) is 32.5 Å². The number of rotatable bonds is 3. The molecule has 0 aliphatic heterocycles. The molecule has 0 bridgehead atoms. The van der Waals surface area contributed by atoms with Crippen molar-refractivity contribution in [2.24, 2.45) is 0 Å². The molecule has 0 atom stereocenters. The fraction of sp³-hybridized carbons (Fsp3) is 0.280. The smallest absolute Gasteiger partial charge is 0.375 e. The zero-order chi connectivity index (χ0) is 21.6. The minimum atomic E-state index is -1.97. The summed E-state index contributed by atoms with van der Waals surface area (Å²) < 4.78 is 42.7. The summed E-state index contributed by atoms with van der Waals surface area (Å²) in [6.07, 6.45) is 3.03. The molecule has 0 heterocycles. The second kappa shape index (κ2) is 8.89. The van der Waals surface area contributed by atoms with Crippen molar-refractivity contribution in [2.45, 2.75) is 38.8 Å². The molecule has 1 aromatic carbocycles. The second-order valence-corrected chi connectivity index (χ2v) is 10.7. The van der Waals surface area contributed by atoms with Crippen LogP contribution in [-0.4, -0.2) is 26.0 Å². The van der Waals surface area contributed by atoms with Gasteiger partial charge in [0.15, 0.2) is 0 Å². The van der Waals surface area contributed by atoms with Gasteiger partial charge in [-0.25, -0.2) is 0 Å². The molecule has 3 aliphatic rings. The van der Waals surface area contributed by atoms with Gasteiger partial charge in [-0.3, -0.25) is 0 Å². The molecule has 4 rings (SSSR count). The maximum absolute atomic E-state index is 13.9. The summed E-state index contributed by atoms with van der Waals surface area (Å²) in [7, 11) is -0.0738. The Bertz CT molecular complexity index is 1290. The van der Waals surface area contributed by atoms with Crippen molar-refractivity contribution < 1.29 is 35.0 Å². The van der Waals surface area contributed by atoms with Gasteiger partial charge in [-0.1, -0.05) is 60.2 Å². The summed E-state index contributed by atoms with van der Waals surface area (Å²) in [5.41, 5.74) is 3.39. The third kappa shape index (κ3) is 4.36. The van der Waals surface area contributed by atoms with Gasteiger partial charge in [0.25, 0.3) is 6.08 Å². The monoisotopic (exact) mass is 469 g/mol. The predicted octanol–water partition coefficient (Wildman–Crippen LogP) is 4.86. The second-order valence-electron chi connectivity index (χ2n) is 8.90. The van der Waals surface area contributed by atoms with E-state index in [0.717, 1.165) is 27.3 Å². The number of hydrogen-bond donors (Lipinski definition) is 0. The SMILES string of the molecule is CN([Si](=O)CC1=CC=c2cccc3c(=C(F)F)c4ccccc4c-3c2C1)C(C)(C)C.[Ti+2]. The van der Waals surface area contributed by atoms with E-state index >= 15 is 0 Å². The fourth-order valence-electron chi connectivity index (χ4n) is 4.17. The minimum Gasteiger partial charge on any atom is -0.375 e. The van der Waals surface area contributed by atoms with Gasteiger partial charge in [0.05, 0.1) is 5.22 Å². The zero-order valence-electron chi connectivity index (χ0n) is 18.2. The van der Waals surface area contributed by atoms with Crippen LogP contribution in [0.5, 0.6) is 0 Å². The van der Waals surface area contributed by atoms with Gasteiger partial charge in [0.2, 0.25) is 0 Å². The third-order valence-corrected chi connectivity index (χ3v) is 8.22. The van der Waals surface area contributed by atoms with E-state index in [2.05, 4.69) is 20.8 Å². The molecule has 6 heteroatoms. The molecule has 0 amide bonds. The molecule has 1 aromatic rings. The van der Waals surface area contributed by atoms with Crippen LogP contribution in [0.15, 0.2) is 54.1 Å². The molecule has 0 saturated heterocycles. The van der Waals surface area contributed by atoms with Crippen LogP contribution < -0.4 is 10.4 Å². The van der Waals surface area contributed by atoms with Gasteiger partial charge < -0.3 is 9.03 Å². The molecular weight excluding hydrogens is 444 g/mol. The van der Waals surface area contributed by atoms with Gasteiger partial charge in [-0.05, 0) is 59.9 Å². The van der Waals surface area contributed by atoms with Gasteiger partial charge in [-0.2, -0.15) is 8.78 Å². The molecule has 0 N–H and O–H groups in total. The van der Waals surface area contributed by atoms with Crippen LogP contribution in [0.2, 0.25) is 6.04 Å². The third-order valence-electron chi connectivity index (χ3n) is 6.04. The van der Waals surface area contributed by atoms with Crippen molar-refractivity contribution in [3.05, 3.63) is 70.1 Å². The van der Waals surface area contributed by atoms with E-state index < -0.39 is 14.9 Å². The molecule has 0 aromatic heterocycles. The molecular formula is C25H25F2NOSiTi+2. The molecule has 0 unspecified atom stereocenters.